The van der Waals surface area contributed by atoms with Crippen LogP contribution in [0, 0.1) is 38.5 Å². The quantitative estimate of drug-likeness (QED) is 0.577. The number of hydrogen-bond donors (Lipinski definition) is 3. The molecular weight excluding hydrogens is 378 g/mol. The lowest BCUT2D eigenvalue weighted by Gasteiger charge is -2.22. The summed E-state index contributed by atoms with van der Waals surface area (Å²) >= 11 is 0. The van der Waals surface area contributed by atoms with Crippen LogP contribution in [0.25, 0.3) is 22.3 Å². The minimum atomic E-state index is 0.219. The SMILES string of the molecule is CNc1nc(C)c(-c2cc3cc(C)nc(C)c3o2)c(NC2CC(CO)C(C)C2C)n1. The van der Waals surface area contributed by atoms with Gasteiger partial charge in [0.25, 0.3) is 0 Å². The lowest BCUT2D eigenvalue weighted by Crippen LogP contribution is -2.25. The highest BCUT2D eigenvalue weighted by Crippen LogP contribution is 2.41. The maximum absolute atomic E-state index is 9.74. The van der Waals surface area contributed by atoms with Crippen LogP contribution in [0.1, 0.15) is 37.4 Å². The Hall–Kier alpha value is -2.67. The van der Waals surface area contributed by atoms with E-state index in [-0.39, 0.29) is 12.6 Å². The molecule has 4 atom stereocenters. The van der Waals surface area contributed by atoms with Crippen molar-refractivity contribution >= 4 is 22.7 Å². The summed E-state index contributed by atoms with van der Waals surface area (Å²) in [4.78, 5) is 13.9. The van der Waals surface area contributed by atoms with E-state index in [9.17, 15) is 5.11 Å². The molecule has 30 heavy (non-hydrogen) atoms. The Morgan fingerprint density at radius 1 is 1.07 bits per heavy atom. The van der Waals surface area contributed by atoms with Crippen LogP contribution in [0.4, 0.5) is 11.8 Å². The van der Waals surface area contributed by atoms with Crippen LogP contribution >= 0.6 is 0 Å². The summed E-state index contributed by atoms with van der Waals surface area (Å²) < 4.78 is 6.25. The molecule has 4 rings (SSSR count). The molecular formula is C23H31N5O2. The molecule has 0 aromatic carbocycles. The average Bonchev–Trinajstić information content (AvgIpc) is 3.23. The van der Waals surface area contributed by atoms with Crippen LogP contribution in [0.15, 0.2) is 16.5 Å². The Balaban J connectivity index is 1.80. The number of rotatable bonds is 5. The second-order valence-electron chi connectivity index (χ2n) is 8.63. The van der Waals surface area contributed by atoms with Crippen molar-refractivity contribution in [2.24, 2.45) is 17.8 Å². The first-order valence-corrected chi connectivity index (χ1v) is 10.6. The van der Waals surface area contributed by atoms with Crippen LogP contribution in [0.5, 0.6) is 0 Å². The molecule has 1 aliphatic rings. The molecule has 0 radical (unpaired) electrons. The number of furan rings is 1. The molecule has 3 aromatic heterocycles. The number of aromatic nitrogens is 3. The molecule has 0 aliphatic heterocycles. The van der Waals surface area contributed by atoms with Crippen molar-refractivity contribution in [1.82, 2.24) is 15.0 Å². The van der Waals surface area contributed by atoms with Crippen molar-refractivity contribution in [1.29, 1.82) is 0 Å². The molecule has 0 bridgehead atoms. The van der Waals surface area contributed by atoms with Gasteiger partial charge in [0.2, 0.25) is 5.95 Å². The van der Waals surface area contributed by atoms with E-state index in [4.69, 9.17) is 9.40 Å². The highest BCUT2D eigenvalue weighted by Gasteiger charge is 2.38. The fourth-order valence-electron chi connectivity index (χ4n) is 4.73. The van der Waals surface area contributed by atoms with E-state index in [2.05, 4.69) is 34.4 Å². The fraction of sp³-hybridized carbons (Fsp3) is 0.522. The average molecular weight is 410 g/mol. The van der Waals surface area contributed by atoms with E-state index in [1.807, 2.05) is 40.0 Å². The van der Waals surface area contributed by atoms with Gasteiger partial charge in [0.15, 0.2) is 5.58 Å². The molecule has 3 N–H and O–H groups in total. The van der Waals surface area contributed by atoms with E-state index in [1.54, 1.807) is 0 Å². The number of anilines is 2. The minimum Gasteiger partial charge on any atom is -0.454 e. The zero-order chi connectivity index (χ0) is 21.6. The van der Waals surface area contributed by atoms with E-state index in [0.29, 0.717) is 23.7 Å². The van der Waals surface area contributed by atoms with E-state index < -0.39 is 0 Å². The second-order valence-corrected chi connectivity index (χ2v) is 8.63. The minimum absolute atomic E-state index is 0.219. The zero-order valence-electron chi connectivity index (χ0n) is 18.6. The second kappa shape index (κ2) is 7.87. The summed E-state index contributed by atoms with van der Waals surface area (Å²) in [5, 5.41) is 17.5. The topological polar surface area (TPSA) is 96.1 Å². The van der Waals surface area contributed by atoms with Crippen molar-refractivity contribution in [3.8, 4) is 11.3 Å². The summed E-state index contributed by atoms with van der Waals surface area (Å²) in [6.07, 6.45) is 0.915. The van der Waals surface area contributed by atoms with Gasteiger partial charge >= 0.3 is 0 Å². The van der Waals surface area contributed by atoms with Gasteiger partial charge in [-0.15, -0.1) is 0 Å². The number of fused-ring (bicyclic) bond motifs is 1. The highest BCUT2D eigenvalue weighted by atomic mass is 16.3. The van der Waals surface area contributed by atoms with Gasteiger partial charge in [-0.25, -0.2) is 4.98 Å². The van der Waals surface area contributed by atoms with Gasteiger partial charge in [0, 0.05) is 30.8 Å². The monoisotopic (exact) mass is 409 g/mol. The summed E-state index contributed by atoms with van der Waals surface area (Å²) in [6, 6.07) is 4.31. The molecule has 1 saturated carbocycles. The first-order valence-electron chi connectivity index (χ1n) is 10.6. The Morgan fingerprint density at radius 3 is 2.50 bits per heavy atom. The molecule has 0 saturated heterocycles. The smallest absolute Gasteiger partial charge is 0.224 e. The van der Waals surface area contributed by atoms with Gasteiger partial charge in [0.05, 0.1) is 17.0 Å². The van der Waals surface area contributed by atoms with Crippen molar-refractivity contribution in [2.75, 3.05) is 24.3 Å². The van der Waals surface area contributed by atoms with Crippen LogP contribution in [0.2, 0.25) is 0 Å². The molecule has 7 nitrogen and oxygen atoms in total. The Morgan fingerprint density at radius 2 is 1.83 bits per heavy atom. The summed E-state index contributed by atoms with van der Waals surface area (Å²) in [6.45, 7) is 10.6. The molecule has 0 amide bonds. The standard InChI is InChI=1S/C23H31N5O2/c1-11-7-16-9-19(30-21(16)15(5)25-11)20-14(4)26-23(24-6)28-22(20)27-18-8-17(10-29)12(2)13(18)3/h7,9,12-13,17-18,29H,8,10H2,1-6H3,(H2,24,26,27,28). The number of nitrogens with zero attached hydrogens (tertiary/aromatic N) is 3. The Bertz CT molecular complexity index is 1080. The van der Waals surface area contributed by atoms with Crippen molar-refractivity contribution in [3.05, 3.63) is 29.2 Å². The van der Waals surface area contributed by atoms with Gasteiger partial charge in [-0.3, -0.25) is 4.98 Å². The van der Waals surface area contributed by atoms with Crippen LogP contribution < -0.4 is 10.6 Å². The number of aliphatic hydroxyl groups is 1. The van der Waals surface area contributed by atoms with E-state index >= 15 is 0 Å². The summed E-state index contributed by atoms with van der Waals surface area (Å²) in [5.74, 6) is 3.24. The van der Waals surface area contributed by atoms with Gasteiger partial charge in [-0.05, 0) is 57.1 Å². The van der Waals surface area contributed by atoms with Gasteiger partial charge in [0.1, 0.15) is 11.6 Å². The van der Waals surface area contributed by atoms with Gasteiger partial charge < -0.3 is 20.2 Å². The number of hydrogen-bond acceptors (Lipinski definition) is 7. The molecule has 0 spiro atoms. The first-order chi connectivity index (χ1) is 14.3. The third-order valence-corrected chi connectivity index (χ3v) is 6.68. The summed E-state index contributed by atoms with van der Waals surface area (Å²) in [5.41, 5.74) is 4.35. The van der Waals surface area contributed by atoms with E-state index in [0.717, 1.165) is 51.6 Å². The molecule has 7 heteroatoms. The third kappa shape index (κ3) is 3.51. The third-order valence-electron chi connectivity index (χ3n) is 6.68. The molecule has 4 unspecified atom stereocenters. The predicted molar refractivity (Wildman–Crippen MR) is 120 cm³/mol. The molecule has 160 valence electrons. The zero-order valence-corrected chi connectivity index (χ0v) is 18.6. The Kier molecular flexibility index (Phi) is 5.40. The molecule has 1 fully saturated rings. The summed E-state index contributed by atoms with van der Waals surface area (Å²) in [7, 11) is 1.82. The van der Waals surface area contributed by atoms with Crippen LogP contribution in [0.3, 0.4) is 0 Å². The maximum atomic E-state index is 9.74. The molecule has 3 aromatic rings. The van der Waals surface area contributed by atoms with Gasteiger partial charge in [-0.2, -0.15) is 4.98 Å². The number of nitrogens with one attached hydrogen (secondary N) is 2. The number of aliphatic hydroxyl groups excluding tert-OH is 1. The lowest BCUT2D eigenvalue weighted by atomic mass is 9.92. The van der Waals surface area contributed by atoms with Crippen LogP contribution in [-0.2, 0) is 0 Å². The largest absolute Gasteiger partial charge is 0.454 e. The molecule has 3 heterocycles. The van der Waals surface area contributed by atoms with Crippen molar-refractivity contribution in [2.45, 2.75) is 47.1 Å². The Labute approximate surface area is 177 Å². The lowest BCUT2D eigenvalue weighted by molar-refractivity contribution is 0.191. The normalized spacial score (nSPS) is 23.8. The van der Waals surface area contributed by atoms with Crippen LogP contribution in [-0.4, -0.2) is 39.8 Å². The van der Waals surface area contributed by atoms with Gasteiger partial charge in [-0.1, -0.05) is 13.8 Å². The number of aryl methyl sites for hydroxylation is 3. The maximum Gasteiger partial charge on any atom is 0.224 e. The highest BCUT2D eigenvalue weighted by molar-refractivity contribution is 5.87. The predicted octanol–water partition coefficient (Wildman–Crippen LogP) is 4.32. The number of pyridine rings is 1. The van der Waals surface area contributed by atoms with Crippen molar-refractivity contribution in [3.63, 3.8) is 0 Å². The first kappa shape index (κ1) is 20.6. The molecule has 1 aliphatic carbocycles. The van der Waals surface area contributed by atoms with E-state index in [1.165, 1.54) is 0 Å². The van der Waals surface area contributed by atoms with Crippen molar-refractivity contribution < 1.29 is 9.52 Å². The fourth-order valence-corrected chi connectivity index (χ4v) is 4.73.